The Morgan fingerprint density at radius 2 is 1.85 bits per heavy atom. The van der Waals surface area contributed by atoms with Crippen molar-refractivity contribution in [1.82, 2.24) is 0 Å². The number of hydrogen-bond acceptors (Lipinski definition) is 3. The molecule has 0 radical (unpaired) electrons. The van der Waals surface area contributed by atoms with Gasteiger partial charge in [-0.15, -0.1) is 0 Å². The second kappa shape index (κ2) is 6.43. The normalized spacial score (nSPS) is 10.1. The van der Waals surface area contributed by atoms with Crippen molar-refractivity contribution < 1.29 is 9.47 Å². The van der Waals surface area contributed by atoms with E-state index < -0.39 is 0 Å². The number of rotatable bonds is 5. The molecule has 20 heavy (non-hydrogen) atoms. The standard InChI is InChI=1S/C15H15BrN2O2/c1-2-19-12-5-3-4-6-13(12)20-14-9-10(16)7-8-11(14)15(17)18/h3-9H,2H2,1H3,(H3,17,18). The molecule has 3 N–H and O–H groups in total. The summed E-state index contributed by atoms with van der Waals surface area (Å²) in [6.07, 6.45) is 0. The lowest BCUT2D eigenvalue weighted by Gasteiger charge is -2.14. The molecule has 0 aliphatic heterocycles. The van der Waals surface area contributed by atoms with E-state index in [1.54, 1.807) is 12.1 Å². The number of nitrogen functional groups attached to an aromatic ring is 1. The summed E-state index contributed by atoms with van der Waals surface area (Å²) in [4.78, 5) is 0. The maximum Gasteiger partial charge on any atom is 0.169 e. The SMILES string of the molecule is CCOc1ccccc1Oc1cc(Br)ccc1C(=N)N. The van der Waals surface area contributed by atoms with Crippen LogP contribution in [0.25, 0.3) is 0 Å². The minimum atomic E-state index is -0.0404. The number of ether oxygens (including phenoxy) is 2. The van der Waals surface area contributed by atoms with Crippen molar-refractivity contribution in [2.75, 3.05) is 6.61 Å². The molecule has 0 saturated carbocycles. The summed E-state index contributed by atoms with van der Waals surface area (Å²) in [6, 6.07) is 12.7. The van der Waals surface area contributed by atoms with E-state index in [0.717, 1.165) is 4.47 Å². The van der Waals surface area contributed by atoms with Gasteiger partial charge in [0.05, 0.1) is 12.2 Å². The number of benzene rings is 2. The Bertz CT molecular complexity index is 629. The monoisotopic (exact) mass is 334 g/mol. The van der Waals surface area contributed by atoms with E-state index >= 15 is 0 Å². The fourth-order valence-corrected chi connectivity index (χ4v) is 2.07. The zero-order valence-corrected chi connectivity index (χ0v) is 12.6. The van der Waals surface area contributed by atoms with E-state index in [1.807, 2.05) is 37.3 Å². The number of nitrogens with two attached hydrogens (primary N) is 1. The topological polar surface area (TPSA) is 68.3 Å². The average molecular weight is 335 g/mol. The van der Waals surface area contributed by atoms with Crippen molar-refractivity contribution in [3.8, 4) is 17.2 Å². The number of amidine groups is 1. The Kier molecular flexibility index (Phi) is 4.63. The predicted octanol–water partition coefficient (Wildman–Crippen LogP) is 3.92. The van der Waals surface area contributed by atoms with Crippen LogP contribution < -0.4 is 15.2 Å². The molecule has 0 unspecified atom stereocenters. The molecule has 2 aromatic carbocycles. The molecule has 0 bridgehead atoms. The molecule has 5 heteroatoms. The van der Waals surface area contributed by atoms with Gasteiger partial charge >= 0.3 is 0 Å². The highest BCUT2D eigenvalue weighted by Crippen LogP contribution is 2.34. The first-order chi connectivity index (χ1) is 9.61. The van der Waals surface area contributed by atoms with Gasteiger partial charge in [-0.25, -0.2) is 0 Å². The van der Waals surface area contributed by atoms with Gasteiger partial charge in [0, 0.05) is 4.47 Å². The molecule has 2 aromatic rings. The van der Waals surface area contributed by atoms with E-state index in [2.05, 4.69) is 15.9 Å². The highest BCUT2D eigenvalue weighted by molar-refractivity contribution is 9.10. The van der Waals surface area contributed by atoms with Gasteiger partial charge in [-0.2, -0.15) is 0 Å². The van der Waals surface area contributed by atoms with Crippen molar-refractivity contribution in [1.29, 1.82) is 5.41 Å². The van der Waals surface area contributed by atoms with Gasteiger partial charge < -0.3 is 15.2 Å². The number of halogens is 1. The smallest absolute Gasteiger partial charge is 0.169 e. The van der Waals surface area contributed by atoms with Crippen LogP contribution in [0.2, 0.25) is 0 Å². The summed E-state index contributed by atoms with van der Waals surface area (Å²) in [5.41, 5.74) is 6.11. The Morgan fingerprint density at radius 1 is 1.15 bits per heavy atom. The van der Waals surface area contributed by atoms with Crippen LogP contribution in [-0.2, 0) is 0 Å². The van der Waals surface area contributed by atoms with Crippen LogP contribution in [0.4, 0.5) is 0 Å². The third kappa shape index (κ3) is 3.30. The highest BCUT2D eigenvalue weighted by atomic mass is 79.9. The first kappa shape index (κ1) is 14.4. The van der Waals surface area contributed by atoms with Crippen molar-refractivity contribution in [2.24, 2.45) is 5.73 Å². The molecule has 2 rings (SSSR count). The van der Waals surface area contributed by atoms with E-state index in [1.165, 1.54) is 0 Å². The molecular weight excluding hydrogens is 320 g/mol. The fraction of sp³-hybridized carbons (Fsp3) is 0.133. The summed E-state index contributed by atoms with van der Waals surface area (Å²) in [5, 5.41) is 7.60. The van der Waals surface area contributed by atoms with E-state index in [9.17, 15) is 0 Å². The molecule has 0 saturated heterocycles. The lowest BCUT2D eigenvalue weighted by molar-refractivity contribution is 0.321. The molecule has 104 valence electrons. The Hall–Kier alpha value is -2.01. The van der Waals surface area contributed by atoms with Gasteiger partial charge in [-0.3, -0.25) is 5.41 Å². The van der Waals surface area contributed by atoms with Crippen molar-refractivity contribution >= 4 is 21.8 Å². The second-order valence-corrected chi connectivity index (χ2v) is 4.95. The van der Waals surface area contributed by atoms with Crippen molar-refractivity contribution in [3.63, 3.8) is 0 Å². The van der Waals surface area contributed by atoms with Gasteiger partial charge in [0.25, 0.3) is 0 Å². The van der Waals surface area contributed by atoms with E-state index in [4.69, 9.17) is 20.6 Å². The Morgan fingerprint density at radius 3 is 2.50 bits per heavy atom. The van der Waals surface area contributed by atoms with Crippen LogP contribution in [0.1, 0.15) is 12.5 Å². The summed E-state index contributed by atoms with van der Waals surface area (Å²) < 4.78 is 12.2. The zero-order chi connectivity index (χ0) is 14.5. The van der Waals surface area contributed by atoms with E-state index in [-0.39, 0.29) is 5.84 Å². The minimum Gasteiger partial charge on any atom is -0.490 e. The maximum atomic E-state index is 7.60. The van der Waals surface area contributed by atoms with Crippen LogP contribution in [0, 0.1) is 5.41 Å². The molecular formula is C15H15BrN2O2. The molecule has 0 aromatic heterocycles. The molecule has 0 fully saturated rings. The maximum absolute atomic E-state index is 7.60. The van der Waals surface area contributed by atoms with Gasteiger partial charge in [0.1, 0.15) is 11.6 Å². The predicted molar refractivity (Wildman–Crippen MR) is 82.8 cm³/mol. The quantitative estimate of drug-likeness (QED) is 0.643. The molecule has 0 spiro atoms. The van der Waals surface area contributed by atoms with Crippen LogP contribution in [0.5, 0.6) is 17.2 Å². The zero-order valence-electron chi connectivity index (χ0n) is 11.0. The molecule has 0 amide bonds. The molecule has 0 atom stereocenters. The first-order valence-corrected chi connectivity index (χ1v) is 6.94. The average Bonchev–Trinajstić information content (AvgIpc) is 2.41. The molecule has 0 heterocycles. The number of nitrogens with one attached hydrogen (secondary N) is 1. The van der Waals surface area contributed by atoms with Crippen molar-refractivity contribution in [3.05, 3.63) is 52.5 Å². The Balaban J connectivity index is 2.39. The summed E-state index contributed by atoms with van der Waals surface area (Å²) in [5.74, 6) is 1.72. The fourth-order valence-electron chi connectivity index (χ4n) is 1.73. The minimum absolute atomic E-state index is 0.0404. The molecule has 0 aliphatic rings. The van der Waals surface area contributed by atoms with Gasteiger partial charge in [0.15, 0.2) is 11.5 Å². The summed E-state index contributed by atoms with van der Waals surface area (Å²) in [7, 11) is 0. The number of hydrogen-bond donors (Lipinski definition) is 2. The third-order valence-electron chi connectivity index (χ3n) is 2.60. The third-order valence-corrected chi connectivity index (χ3v) is 3.10. The van der Waals surface area contributed by atoms with E-state index in [0.29, 0.717) is 29.4 Å². The van der Waals surface area contributed by atoms with Crippen LogP contribution in [0.15, 0.2) is 46.9 Å². The first-order valence-electron chi connectivity index (χ1n) is 6.15. The second-order valence-electron chi connectivity index (χ2n) is 4.04. The number of para-hydroxylation sites is 2. The van der Waals surface area contributed by atoms with Crippen LogP contribution in [-0.4, -0.2) is 12.4 Å². The van der Waals surface area contributed by atoms with Gasteiger partial charge in [-0.05, 0) is 37.3 Å². The Labute approximate surface area is 126 Å². The van der Waals surface area contributed by atoms with Crippen molar-refractivity contribution in [2.45, 2.75) is 6.92 Å². The summed E-state index contributed by atoms with van der Waals surface area (Å²) in [6.45, 7) is 2.47. The molecule has 4 nitrogen and oxygen atoms in total. The van der Waals surface area contributed by atoms with Crippen LogP contribution >= 0.6 is 15.9 Å². The lowest BCUT2D eigenvalue weighted by Crippen LogP contribution is -2.12. The lowest BCUT2D eigenvalue weighted by atomic mass is 10.2. The van der Waals surface area contributed by atoms with Gasteiger partial charge in [-0.1, -0.05) is 28.1 Å². The van der Waals surface area contributed by atoms with Crippen LogP contribution in [0.3, 0.4) is 0 Å². The highest BCUT2D eigenvalue weighted by Gasteiger charge is 2.11. The molecule has 0 aliphatic carbocycles. The largest absolute Gasteiger partial charge is 0.490 e. The van der Waals surface area contributed by atoms with Gasteiger partial charge in [0.2, 0.25) is 0 Å². The summed E-state index contributed by atoms with van der Waals surface area (Å²) >= 11 is 3.39.